The van der Waals surface area contributed by atoms with Gasteiger partial charge in [-0.2, -0.15) is 0 Å². The Kier molecular flexibility index (Phi) is 7.43. The Hall–Kier alpha value is -2.19. The molecule has 8 nitrogen and oxygen atoms in total. The Morgan fingerprint density at radius 1 is 0.696 bits per heavy atom. The molecule has 0 radical (unpaired) electrons. The molecule has 8 heteroatoms. The van der Waals surface area contributed by atoms with E-state index in [1.54, 1.807) is 0 Å². The normalized spacial score (nSPS) is 10.2. The van der Waals surface area contributed by atoms with Crippen molar-refractivity contribution in [1.29, 1.82) is 0 Å². The highest BCUT2D eigenvalue weighted by atomic mass is 16.7. The van der Waals surface area contributed by atoms with Crippen LogP contribution in [-0.2, 0) is 9.47 Å². The summed E-state index contributed by atoms with van der Waals surface area (Å²) in [6, 6.07) is 0. The third kappa shape index (κ3) is 3.96. The maximum absolute atomic E-state index is 12.1. The lowest BCUT2D eigenvalue weighted by atomic mass is 10.1. The molecule has 0 heterocycles. The van der Waals surface area contributed by atoms with Gasteiger partial charge in [0.1, 0.15) is 5.56 Å². The molecular formula is C15H22O8. The summed E-state index contributed by atoms with van der Waals surface area (Å²) in [5.74, 6) is 0.623. The number of Topliss-reactive ketones (excluding diaryl/α,β-unsaturated/α-hetero) is 1. The molecule has 0 N–H and O–H groups in total. The molecule has 0 atom stereocenters. The summed E-state index contributed by atoms with van der Waals surface area (Å²) in [5.41, 5.74) is 0.160. The average molecular weight is 330 g/mol. The Balaban J connectivity index is 3.72. The minimum atomic E-state index is -0.295. The summed E-state index contributed by atoms with van der Waals surface area (Å²) in [5, 5.41) is 0. The number of carbonyl (C=O) groups is 1. The van der Waals surface area contributed by atoms with Gasteiger partial charge in [0.2, 0.25) is 17.2 Å². The molecule has 0 unspecified atom stereocenters. The van der Waals surface area contributed by atoms with Crippen LogP contribution in [0.5, 0.6) is 28.7 Å². The molecule has 0 saturated heterocycles. The second-order valence-electron chi connectivity index (χ2n) is 4.29. The number of ether oxygens (including phenoxy) is 7. The van der Waals surface area contributed by atoms with Crippen molar-refractivity contribution in [2.45, 2.75) is 6.92 Å². The van der Waals surface area contributed by atoms with Crippen molar-refractivity contribution < 1.29 is 38.0 Å². The Morgan fingerprint density at radius 2 is 1.13 bits per heavy atom. The van der Waals surface area contributed by atoms with Gasteiger partial charge in [-0.25, -0.2) is 0 Å². The highest BCUT2D eigenvalue weighted by Gasteiger charge is 2.31. The molecule has 1 rings (SSSR count). The summed E-state index contributed by atoms with van der Waals surface area (Å²) < 4.78 is 36.8. The highest BCUT2D eigenvalue weighted by molar-refractivity contribution is 6.02. The number of methoxy groups -OCH3 is 5. The first-order valence-corrected chi connectivity index (χ1v) is 6.67. The predicted octanol–water partition coefficient (Wildman–Crippen LogP) is 1.88. The molecular weight excluding hydrogens is 308 g/mol. The predicted molar refractivity (Wildman–Crippen MR) is 81.1 cm³/mol. The van der Waals surface area contributed by atoms with Gasteiger partial charge in [-0.05, 0) is 6.92 Å². The van der Waals surface area contributed by atoms with Crippen LogP contribution in [0.1, 0.15) is 17.3 Å². The van der Waals surface area contributed by atoms with Crippen LogP contribution in [0, 0.1) is 0 Å². The van der Waals surface area contributed by atoms with Gasteiger partial charge in [0.05, 0.1) is 21.3 Å². The largest absolute Gasteiger partial charge is 0.492 e. The number of rotatable bonds is 10. The fourth-order valence-corrected chi connectivity index (χ4v) is 2.03. The van der Waals surface area contributed by atoms with Crippen molar-refractivity contribution in [2.75, 3.05) is 49.1 Å². The van der Waals surface area contributed by atoms with Gasteiger partial charge in [0.25, 0.3) is 0 Å². The van der Waals surface area contributed by atoms with Crippen molar-refractivity contribution in [2.24, 2.45) is 0 Å². The van der Waals surface area contributed by atoms with Crippen LogP contribution in [0.15, 0.2) is 0 Å². The van der Waals surface area contributed by atoms with E-state index in [9.17, 15) is 4.79 Å². The molecule has 1 aromatic rings. The molecule has 0 amide bonds. The molecule has 1 aromatic carbocycles. The summed E-state index contributed by atoms with van der Waals surface area (Å²) >= 11 is 0. The van der Waals surface area contributed by atoms with E-state index in [4.69, 9.17) is 33.2 Å². The quantitative estimate of drug-likeness (QED) is 0.475. The lowest BCUT2D eigenvalue weighted by Gasteiger charge is -2.22. The molecule has 0 aliphatic heterocycles. The van der Waals surface area contributed by atoms with Crippen LogP contribution in [-0.4, -0.2) is 54.9 Å². The lowest BCUT2D eigenvalue weighted by Crippen LogP contribution is -2.12. The first-order chi connectivity index (χ1) is 11.1. The fourth-order valence-electron chi connectivity index (χ4n) is 2.03. The summed E-state index contributed by atoms with van der Waals surface area (Å²) in [4.78, 5) is 12.1. The number of carbonyl (C=O) groups excluding carboxylic acids is 1. The minimum Gasteiger partial charge on any atom is -0.492 e. The van der Waals surface area contributed by atoms with E-state index in [2.05, 4.69) is 0 Å². The summed E-state index contributed by atoms with van der Waals surface area (Å²) in [7, 11) is 7.21. The second-order valence-corrected chi connectivity index (χ2v) is 4.29. The first-order valence-electron chi connectivity index (χ1n) is 6.67. The fraction of sp³-hybridized carbons (Fsp3) is 0.533. The van der Waals surface area contributed by atoms with Gasteiger partial charge in [-0.1, -0.05) is 0 Å². The smallest absolute Gasteiger partial charge is 0.211 e. The van der Waals surface area contributed by atoms with Gasteiger partial charge in [-0.15, -0.1) is 0 Å². The lowest BCUT2D eigenvalue weighted by molar-refractivity contribution is 0.0297. The van der Waals surface area contributed by atoms with Gasteiger partial charge >= 0.3 is 0 Å². The Bertz CT molecular complexity index is 541. The van der Waals surface area contributed by atoms with Crippen LogP contribution in [0.25, 0.3) is 0 Å². The zero-order valence-corrected chi connectivity index (χ0v) is 14.2. The minimum absolute atomic E-state index is 0.0769. The summed E-state index contributed by atoms with van der Waals surface area (Å²) in [6.07, 6.45) is 0. The molecule has 0 saturated carbocycles. The van der Waals surface area contributed by atoms with Crippen LogP contribution < -0.4 is 23.7 Å². The average Bonchev–Trinajstić information content (AvgIpc) is 2.55. The molecule has 0 bridgehead atoms. The van der Waals surface area contributed by atoms with E-state index in [1.807, 2.05) is 0 Å². The van der Waals surface area contributed by atoms with Gasteiger partial charge in [-0.3, -0.25) is 4.79 Å². The highest BCUT2D eigenvalue weighted by Crippen LogP contribution is 2.53. The topological polar surface area (TPSA) is 81.7 Å². The van der Waals surface area contributed by atoms with Crippen molar-refractivity contribution in [3.63, 3.8) is 0 Å². The standard InChI is InChI=1S/C15H22O8/c1-9(16)10-11(19-4)13(20-5)14(21-6)15(23-8-18-3)12(10)22-7-17-2/h7-8H2,1-6H3. The van der Waals surface area contributed by atoms with Crippen molar-refractivity contribution >= 4 is 5.78 Å². The number of hydrogen-bond acceptors (Lipinski definition) is 8. The van der Waals surface area contributed by atoms with E-state index < -0.39 is 0 Å². The van der Waals surface area contributed by atoms with E-state index in [-0.39, 0.29) is 53.7 Å². The first kappa shape index (κ1) is 18.9. The number of benzene rings is 1. The molecule has 130 valence electrons. The van der Waals surface area contributed by atoms with E-state index in [0.29, 0.717) is 0 Å². The molecule has 0 aliphatic rings. The maximum atomic E-state index is 12.1. The van der Waals surface area contributed by atoms with Crippen molar-refractivity contribution in [3.8, 4) is 28.7 Å². The maximum Gasteiger partial charge on any atom is 0.211 e. The molecule has 0 fully saturated rings. The van der Waals surface area contributed by atoms with Gasteiger partial charge in [0, 0.05) is 14.2 Å². The molecule has 0 aliphatic carbocycles. The molecule has 0 spiro atoms. The summed E-state index contributed by atoms with van der Waals surface area (Å²) in [6.45, 7) is 1.21. The molecule has 0 aromatic heterocycles. The SMILES string of the molecule is COCOc1c(OC)c(OC)c(OC)c(C(C)=O)c1OCOC. The van der Waals surface area contributed by atoms with Gasteiger partial charge < -0.3 is 33.2 Å². The van der Waals surface area contributed by atoms with E-state index >= 15 is 0 Å². The molecule has 23 heavy (non-hydrogen) atoms. The Labute approximate surface area is 135 Å². The van der Waals surface area contributed by atoms with Crippen LogP contribution in [0.2, 0.25) is 0 Å². The van der Waals surface area contributed by atoms with Crippen LogP contribution >= 0.6 is 0 Å². The van der Waals surface area contributed by atoms with Crippen molar-refractivity contribution in [3.05, 3.63) is 5.56 Å². The van der Waals surface area contributed by atoms with Crippen LogP contribution in [0.4, 0.5) is 0 Å². The third-order valence-electron chi connectivity index (χ3n) is 2.89. The zero-order valence-electron chi connectivity index (χ0n) is 14.2. The van der Waals surface area contributed by atoms with Gasteiger partial charge in [0.15, 0.2) is 30.9 Å². The third-order valence-corrected chi connectivity index (χ3v) is 2.89. The number of hydrogen-bond donors (Lipinski definition) is 0. The van der Waals surface area contributed by atoms with E-state index in [0.717, 1.165) is 0 Å². The zero-order chi connectivity index (χ0) is 17.4. The Morgan fingerprint density at radius 3 is 1.52 bits per heavy atom. The van der Waals surface area contributed by atoms with Crippen molar-refractivity contribution in [1.82, 2.24) is 0 Å². The number of ketones is 1. The second kappa shape index (κ2) is 9.06. The monoisotopic (exact) mass is 330 g/mol. The van der Waals surface area contributed by atoms with E-state index in [1.165, 1.54) is 42.5 Å². The van der Waals surface area contributed by atoms with Crippen LogP contribution in [0.3, 0.4) is 0 Å².